The van der Waals surface area contributed by atoms with Gasteiger partial charge in [-0.2, -0.15) is 10.4 Å². The molecular weight excluding hydrogens is 220 g/mol. The van der Waals surface area contributed by atoms with Crippen molar-refractivity contribution in [1.82, 2.24) is 0 Å². The molecule has 0 aromatic heterocycles. The van der Waals surface area contributed by atoms with E-state index in [9.17, 15) is 4.79 Å². The average Bonchev–Trinajstić information content (AvgIpc) is 2.29. The third-order valence-corrected chi connectivity index (χ3v) is 1.84. The van der Waals surface area contributed by atoms with Gasteiger partial charge in [0.2, 0.25) is 0 Å². The highest BCUT2D eigenvalue weighted by molar-refractivity contribution is 5.91. The van der Waals surface area contributed by atoms with E-state index in [4.69, 9.17) is 16.1 Å². The Labute approximate surface area is 97.7 Å². The van der Waals surface area contributed by atoms with Crippen LogP contribution in [0.5, 0.6) is 0 Å². The van der Waals surface area contributed by atoms with E-state index in [1.165, 1.54) is 6.92 Å². The van der Waals surface area contributed by atoms with Crippen LogP contribution in [0, 0.1) is 11.3 Å². The van der Waals surface area contributed by atoms with Gasteiger partial charge in [0.05, 0.1) is 17.3 Å². The van der Waals surface area contributed by atoms with Crippen molar-refractivity contribution in [3.8, 4) is 6.07 Å². The van der Waals surface area contributed by atoms with Gasteiger partial charge in [0.1, 0.15) is 5.76 Å². The highest BCUT2D eigenvalue weighted by atomic mass is 16.3. The van der Waals surface area contributed by atoms with E-state index >= 15 is 0 Å². The Balaban J connectivity index is 2.94. The number of rotatable bonds is 3. The van der Waals surface area contributed by atoms with Gasteiger partial charge < -0.3 is 10.8 Å². The van der Waals surface area contributed by atoms with E-state index in [-0.39, 0.29) is 11.5 Å². The second-order valence-electron chi connectivity index (χ2n) is 3.16. The molecule has 86 valence electrons. The van der Waals surface area contributed by atoms with Crippen LogP contribution < -0.4 is 5.73 Å². The van der Waals surface area contributed by atoms with Gasteiger partial charge in [0.25, 0.3) is 5.91 Å². The SMILES string of the molecule is CC(O)=C(N=Nc1ccc(C#N)cc1)C(N)=O. The fourth-order valence-corrected chi connectivity index (χ4v) is 1.01. The molecule has 0 heterocycles. The minimum Gasteiger partial charge on any atom is -0.510 e. The predicted molar refractivity (Wildman–Crippen MR) is 60.2 cm³/mol. The molecule has 0 atom stereocenters. The lowest BCUT2D eigenvalue weighted by molar-refractivity contribution is -0.114. The molecule has 6 nitrogen and oxygen atoms in total. The smallest absolute Gasteiger partial charge is 0.272 e. The van der Waals surface area contributed by atoms with Crippen molar-refractivity contribution in [2.45, 2.75) is 6.92 Å². The number of nitriles is 1. The number of carbonyl (C=O) groups excluding carboxylic acids is 1. The largest absolute Gasteiger partial charge is 0.510 e. The number of aliphatic hydroxyl groups excluding tert-OH is 1. The molecular formula is C11H10N4O2. The summed E-state index contributed by atoms with van der Waals surface area (Å²) in [6, 6.07) is 8.21. The van der Waals surface area contributed by atoms with Crippen molar-refractivity contribution in [3.63, 3.8) is 0 Å². The van der Waals surface area contributed by atoms with Crippen LogP contribution in [0.3, 0.4) is 0 Å². The fraction of sp³-hybridized carbons (Fsp3) is 0.0909. The Morgan fingerprint density at radius 3 is 2.41 bits per heavy atom. The summed E-state index contributed by atoms with van der Waals surface area (Å²) < 4.78 is 0. The highest BCUT2D eigenvalue weighted by Crippen LogP contribution is 2.15. The van der Waals surface area contributed by atoms with Crippen molar-refractivity contribution < 1.29 is 9.90 Å². The van der Waals surface area contributed by atoms with Gasteiger partial charge in [0, 0.05) is 0 Å². The Bertz CT molecular complexity index is 519. The van der Waals surface area contributed by atoms with Crippen LogP contribution in [0.1, 0.15) is 12.5 Å². The van der Waals surface area contributed by atoms with Gasteiger partial charge >= 0.3 is 0 Å². The Morgan fingerprint density at radius 1 is 1.41 bits per heavy atom. The lowest BCUT2D eigenvalue weighted by Gasteiger charge is -1.96. The zero-order valence-electron chi connectivity index (χ0n) is 9.08. The highest BCUT2D eigenvalue weighted by Gasteiger charge is 2.07. The van der Waals surface area contributed by atoms with Crippen LogP contribution >= 0.6 is 0 Å². The van der Waals surface area contributed by atoms with Crippen molar-refractivity contribution >= 4 is 11.6 Å². The third-order valence-electron chi connectivity index (χ3n) is 1.84. The molecule has 1 amide bonds. The first-order valence-corrected chi connectivity index (χ1v) is 4.66. The molecule has 0 aliphatic heterocycles. The van der Waals surface area contributed by atoms with Crippen LogP contribution in [-0.2, 0) is 4.79 Å². The number of amides is 1. The number of carbonyl (C=O) groups is 1. The molecule has 1 rings (SSSR count). The number of nitrogens with zero attached hydrogens (tertiary/aromatic N) is 3. The molecule has 0 fully saturated rings. The Hall–Kier alpha value is -2.68. The van der Waals surface area contributed by atoms with E-state index in [0.717, 1.165) is 0 Å². The standard InChI is InChI=1S/C11H10N4O2/c1-7(16)10(11(13)17)15-14-9-4-2-8(6-12)3-5-9/h2-5,16H,1H3,(H2,13,17). The minimum absolute atomic E-state index is 0.296. The number of aliphatic hydroxyl groups is 1. The summed E-state index contributed by atoms with van der Waals surface area (Å²) in [6.07, 6.45) is 0. The lowest BCUT2D eigenvalue weighted by atomic mass is 10.2. The van der Waals surface area contributed by atoms with E-state index in [1.807, 2.05) is 6.07 Å². The van der Waals surface area contributed by atoms with Gasteiger partial charge in [-0.05, 0) is 31.2 Å². The maximum Gasteiger partial charge on any atom is 0.272 e. The molecule has 1 aromatic rings. The van der Waals surface area contributed by atoms with Crippen LogP contribution in [0.2, 0.25) is 0 Å². The van der Waals surface area contributed by atoms with Gasteiger partial charge in [0.15, 0.2) is 5.70 Å². The molecule has 3 N–H and O–H groups in total. The van der Waals surface area contributed by atoms with E-state index in [1.54, 1.807) is 24.3 Å². The molecule has 0 saturated carbocycles. The zero-order chi connectivity index (χ0) is 12.8. The Morgan fingerprint density at radius 2 is 2.00 bits per heavy atom. The van der Waals surface area contributed by atoms with Crippen molar-refractivity contribution in [1.29, 1.82) is 5.26 Å². The van der Waals surface area contributed by atoms with Gasteiger partial charge in [-0.3, -0.25) is 4.79 Å². The summed E-state index contributed by atoms with van der Waals surface area (Å²) in [5, 5.41) is 25.0. The summed E-state index contributed by atoms with van der Waals surface area (Å²) in [5.41, 5.74) is 5.64. The first-order valence-electron chi connectivity index (χ1n) is 4.66. The predicted octanol–water partition coefficient (Wildman–Crippen LogP) is 1.92. The molecule has 0 radical (unpaired) electrons. The van der Waals surface area contributed by atoms with Gasteiger partial charge in [-0.25, -0.2) is 0 Å². The Kier molecular flexibility index (Phi) is 3.95. The van der Waals surface area contributed by atoms with Crippen LogP contribution in [0.25, 0.3) is 0 Å². The van der Waals surface area contributed by atoms with Crippen LogP contribution in [-0.4, -0.2) is 11.0 Å². The molecule has 17 heavy (non-hydrogen) atoms. The maximum atomic E-state index is 10.9. The minimum atomic E-state index is -0.859. The summed E-state index contributed by atoms with van der Waals surface area (Å²) in [6.45, 7) is 1.29. The zero-order valence-corrected chi connectivity index (χ0v) is 9.08. The average molecular weight is 230 g/mol. The van der Waals surface area contributed by atoms with Crippen LogP contribution in [0.15, 0.2) is 46.0 Å². The number of nitrogens with two attached hydrogens (primary N) is 1. The molecule has 0 unspecified atom stereocenters. The number of hydrogen-bond donors (Lipinski definition) is 2. The van der Waals surface area contributed by atoms with E-state index in [0.29, 0.717) is 11.3 Å². The summed E-state index contributed by atoms with van der Waals surface area (Å²) >= 11 is 0. The summed E-state index contributed by atoms with van der Waals surface area (Å²) in [5.74, 6) is -1.16. The van der Waals surface area contributed by atoms with Crippen LogP contribution in [0.4, 0.5) is 5.69 Å². The molecule has 0 aliphatic rings. The first kappa shape index (κ1) is 12.4. The second-order valence-corrected chi connectivity index (χ2v) is 3.16. The molecule has 1 aromatic carbocycles. The van der Waals surface area contributed by atoms with Crippen molar-refractivity contribution in [2.75, 3.05) is 0 Å². The molecule has 0 bridgehead atoms. The summed E-state index contributed by atoms with van der Waals surface area (Å²) in [4.78, 5) is 10.9. The maximum absolute atomic E-state index is 10.9. The van der Waals surface area contributed by atoms with Crippen molar-refractivity contribution in [2.24, 2.45) is 16.0 Å². The quantitative estimate of drug-likeness (QED) is 0.469. The first-order chi connectivity index (χ1) is 8.04. The number of allylic oxidation sites excluding steroid dienone is 1. The third kappa shape index (κ3) is 3.43. The van der Waals surface area contributed by atoms with E-state index in [2.05, 4.69) is 10.2 Å². The lowest BCUT2D eigenvalue weighted by Crippen LogP contribution is -2.13. The van der Waals surface area contributed by atoms with Gasteiger partial charge in [-0.15, -0.1) is 5.11 Å². The normalized spacial score (nSPS) is 12.0. The number of benzene rings is 1. The fourth-order valence-electron chi connectivity index (χ4n) is 1.01. The topological polar surface area (TPSA) is 112 Å². The monoisotopic (exact) mass is 230 g/mol. The van der Waals surface area contributed by atoms with Crippen molar-refractivity contribution in [3.05, 3.63) is 41.3 Å². The van der Waals surface area contributed by atoms with E-state index < -0.39 is 5.91 Å². The number of azo groups is 1. The molecule has 0 spiro atoms. The molecule has 0 saturated heterocycles. The molecule has 6 heteroatoms. The second kappa shape index (κ2) is 5.42. The number of hydrogen-bond acceptors (Lipinski definition) is 5. The number of primary amides is 1. The van der Waals surface area contributed by atoms with Gasteiger partial charge in [-0.1, -0.05) is 0 Å². The molecule has 0 aliphatic carbocycles. The summed E-state index contributed by atoms with van der Waals surface area (Å²) in [7, 11) is 0.